The average molecular weight is 441 g/mol. The number of rotatable bonds is 12. The van der Waals surface area contributed by atoms with Crippen molar-refractivity contribution in [1.82, 2.24) is 10.6 Å². The number of hydrogen-bond acceptors (Lipinski definition) is 5. The van der Waals surface area contributed by atoms with E-state index in [1.165, 1.54) is 103 Å². The van der Waals surface area contributed by atoms with Crippen LogP contribution in [0.1, 0.15) is 116 Å². The van der Waals surface area contributed by atoms with Crippen LogP contribution in [0.5, 0.6) is 0 Å². The van der Waals surface area contributed by atoms with E-state index in [0.717, 1.165) is 13.0 Å². The van der Waals surface area contributed by atoms with Gasteiger partial charge in [-0.3, -0.25) is 0 Å². The summed E-state index contributed by atoms with van der Waals surface area (Å²) in [6, 6.07) is 1.29. The monoisotopic (exact) mass is 440 g/mol. The molecule has 0 spiro atoms. The van der Waals surface area contributed by atoms with Crippen molar-refractivity contribution in [3.05, 3.63) is 0 Å². The van der Waals surface area contributed by atoms with E-state index in [-0.39, 0.29) is 6.29 Å². The summed E-state index contributed by atoms with van der Waals surface area (Å²) in [5.41, 5.74) is 0. The van der Waals surface area contributed by atoms with Crippen molar-refractivity contribution in [2.45, 2.75) is 141 Å². The Morgan fingerprint density at radius 1 is 0.710 bits per heavy atom. The molecule has 31 heavy (non-hydrogen) atoms. The highest BCUT2D eigenvalue weighted by atomic mass is 16.7. The minimum Gasteiger partial charge on any atom is -0.389 e. The minimum absolute atomic E-state index is 0.251. The van der Waals surface area contributed by atoms with Gasteiger partial charge in [0.05, 0.1) is 19.3 Å². The van der Waals surface area contributed by atoms with Crippen LogP contribution in [0.2, 0.25) is 0 Å². The molecule has 2 atom stereocenters. The minimum atomic E-state index is -0.457. The highest BCUT2D eigenvalue weighted by Gasteiger charge is 2.15. The van der Waals surface area contributed by atoms with Crippen LogP contribution in [0.3, 0.4) is 0 Å². The molecule has 5 nitrogen and oxygen atoms in total. The van der Waals surface area contributed by atoms with Gasteiger partial charge in [-0.15, -0.1) is 0 Å². The number of aliphatic hydroxyl groups is 1. The molecule has 0 aromatic heterocycles. The second kappa shape index (κ2) is 18.3. The Bertz CT molecular complexity index is 383. The van der Waals surface area contributed by atoms with Gasteiger partial charge in [-0.25, -0.2) is 0 Å². The van der Waals surface area contributed by atoms with E-state index in [1.54, 1.807) is 0 Å². The van der Waals surface area contributed by atoms with Gasteiger partial charge in [0.1, 0.15) is 0 Å². The van der Waals surface area contributed by atoms with Gasteiger partial charge in [0, 0.05) is 18.6 Å². The Morgan fingerprint density at radius 3 is 1.74 bits per heavy atom. The van der Waals surface area contributed by atoms with E-state index in [9.17, 15) is 5.11 Å². The Morgan fingerprint density at radius 2 is 1.19 bits per heavy atom. The highest BCUT2D eigenvalue weighted by Crippen LogP contribution is 2.18. The first-order valence-corrected chi connectivity index (χ1v) is 13.6. The molecule has 0 radical (unpaired) electrons. The van der Waals surface area contributed by atoms with Gasteiger partial charge >= 0.3 is 0 Å². The van der Waals surface area contributed by atoms with Crippen molar-refractivity contribution in [2.24, 2.45) is 0 Å². The fourth-order valence-electron chi connectivity index (χ4n) is 4.96. The van der Waals surface area contributed by atoms with Gasteiger partial charge in [0.25, 0.3) is 0 Å². The van der Waals surface area contributed by atoms with Crippen molar-refractivity contribution in [3.63, 3.8) is 0 Å². The van der Waals surface area contributed by atoms with E-state index < -0.39 is 6.10 Å². The van der Waals surface area contributed by atoms with E-state index in [0.29, 0.717) is 31.8 Å². The van der Waals surface area contributed by atoms with Crippen LogP contribution >= 0.6 is 0 Å². The Labute approximate surface area is 192 Å². The zero-order valence-electron chi connectivity index (χ0n) is 20.4. The molecule has 0 aliphatic heterocycles. The summed E-state index contributed by atoms with van der Waals surface area (Å²) < 4.78 is 11.3. The summed E-state index contributed by atoms with van der Waals surface area (Å²) in [7, 11) is 0. The average Bonchev–Trinajstić information content (AvgIpc) is 2.84. The molecule has 3 aliphatic carbocycles. The first-order chi connectivity index (χ1) is 15.2. The van der Waals surface area contributed by atoms with Crippen molar-refractivity contribution >= 4 is 0 Å². The fraction of sp³-hybridized carbons (Fsp3) is 1.00. The standard InChI is InChI=1S/C20H40N2O3.C6H12/c1-17(24-14-8-13-21-18-9-4-2-5-10-18)25-16-20(23)15-22-19-11-6-3-7-12-19;1-2-4-6-5-3-1/h17-23H,2-16H2,1H3;1-6H2. The largest absolute Gasteiger partial charge is 0.389 e. The van der Waals surface area contributed by atoms with Gasteiger partial charge in [-0.2, -0.15) is 0 Å². The van der Waals surface area contributed by atoms with Crippen LogP contribution in [-0.4, -0.2) is 55.9 Å². The summed E-state index contributed by atoms with van der Waals surface area (Å²) in [5, 5.41) is 17.1. The maximum Gasteiger partial charge on any atom is 0.154 e. The molecule has 0 aromatic rings. The molecule has 3 saturated carbocycles. The van der Waals surface area contributed by atoms with Gasteiger partial charge in [0.15, 0.2) is 6.29 Å². The molecule has 3 fully saturated rings. The van der Waals surface area contributed by atoms with E-state index in [1.807, 2.05) is 6.92 Å². The number of aliphatic hydroxyl groups excluding tert-OH is 1. The van der Waals surface area contributed by atoms with Crippen LogP contribution in [-0.2, 0) is 9.47 Å². The Hall–Kier alpha value is -0.200. The second-order valence-corrected chi connectivity index (χ2v) is 9.93. The van der Waals surface area contributed by atoms with Crippen LogP contribution in [0, 0.1) is 0 Å². The maximum atomic E-state index is 10.0. The summed E-state index contributed by atoms with van der Waals surface area (Å²) >= 11 is 0. The molecule has 2 unspecified atom stereocenters. The second-order valence-electron chi connectivity index (χ2n) is 9.93. The highest BCUT2D eigenvalue weighted by molar-refractivity contribution is 4.73. The molecule has 3 N–H and O–H groups in total. The number of ether oxygens (including phenoxy) is 2. The molecule has 0 bridgehead atoms. The van der Waals surface area contributed by atoms with Crippen molar-refractivity contribution < 1.29 is 14.6 Å². The lowest BCUT2D eigenvalue weighted by Gasteiger charge is -2.25. The van der Waals surface area contributed by atoms with Gasteiger partial charge in [-0.05, 0) is 45.6 Å². The Balaban J connectivity index is 0.000000488. The third-order valence-electron chi connectivity index (χ3n) is 6.98. The SMILES string of the molecule is C1CCCCC1.CC(OCCCNC1CCCCC1)OCC(O)CNC1CCCCC1. The maximum absolute atomic E-state index is 10.0. The van der Waals surface area contributed by atoms with E-state index in [4.69, 9.17) is 9.47 Å². The van der Waals surface area contributed by atoms with Crippen molar-refractivity contribution in [3.8, 4) is 0 Å². The molecule has 3 rings (SSSR count). The zero-order valence-corrected chi connectivity index (χ0v) is 20.4. The van der Waals surface area contributed by atoms with E-state index in [2.05, 4.69) is 10.6 Å². The number of hydrogen-bond donors (Lipinski definition) is 3. The summed E-state index contributed by atoms with van der Waals surface area (Å²) in [6.45, 7) is 4.59. The molecule has 0 aromatic carbocycles. The molecular formula is C26H52N2O3. The molecule has 0 heterocycles. The molecule has 5 heteroatoms. The van der Waals surface area contributed by atoms with Gasteiger partial charge in [0.2, 0.25) is 0 Å². The van der Waals surface area contributed by atoms with Gasteiger partial charge < -0.3 is 25.2 Å². The molecule has 3 aliphatic rings. The normalized spacial score (nSPS) is 23.0. The zero-order chi connectivity index (χ0) is 22.0. The van der Waals surface area contributed by atoms with Crippen LogP contribution in [0.4, 0.5) is 0 Å². The van der Waals surface area contributed by atoms with Gasteiger partial charge in [-0.1, -0.05) is 77.0 Å². The molecule has 0 saturated heterocycles. The molecule has 0 amide bonds. The van der Waals surface area contributed by atoms with E-state index >= 15 is 0 Å². The van der Waals surface area contributed by atoms with Crippen LogP contribution < -0.4 is 10.6 Å². The smallest absolute Gasteiger partial charge is 0.154 e. The third kappa shape index (κ3) is 14.5. The van der Waals surface area contributed by atoms with Crippen molar-refractivity contribution in [1.29, 1.82) is 0 Å². The predicted octanol–water partition coefficient (Wildman–Crippen LogP) is 5.30. The quantitative estimate of drug-likeness (QED) is 0.284. The Kier molecular flexibility index (Phi) is 15.9. The summed E-state index contributed by atoms with van der Waals surface area (Å²) in [6.07, 6.45) is 22.6. The van der Waals surface area contributed by atoms with Crippen molar-refractivity contribution in [2.75, 3.05) is 26.3 Å². The molecule has 184 valence electrons. The lowest BCUT2D eigenvalue weighted by molar-refractivity contribution is -0.146. The lowest BCUT2D eigenvalue weighted by atomic mass is 9.95. The first kappa shape index (κ1) is 27.0. The lowest BCUT2D eigenvalue weighted by Crippen LogP contribution is -2.39. The summed E-state index contributed by atoms with van der Waals surface area (Å²) in [4.78, 5) is 0. The predicted molar refractivity (Wildman–Crippen MR) is 129 cm³/mol. The topological polar surface area (TPSA) is 62.8 Å². The number of nitrogens with one attached hydrogen (secondary N) is 2. The van der Waals surface area contributed by atoms with Crippen LogP contribution in [0.25, 0.3) is 0 Å². The first-order valence-electron chi connectivity index (χ1n) is 13.6. The third-order valence-corrected chi connectivity index (χ3v) is 6.98. The fourth-order valence-corrected chi connectivity index (χ4v) is 4.96. The summed E-state index contributed by atoms with van der Waals surface area (Å²) in [5.74, 6) is 0. The molecular weight excluding hydrogens is 388 g/mol. The van der Waals surface area contributed by atoms with Crippen LogP contribution in [0.15, 0.2) is 0 Å².